The highest BCUT2D eigenvalue weighted by atomic mass is 16.5. The van der Waals surface area contributed by atoms with Crippen molar-refractivity contribution in [3.63, 3.8) is 0 Å². The zero-order valence-corrected chi connectivity index (χ0v) is 29.8. The molecule has 5 aromatic rings. The molecule has 0 aliphatic carbocycles. The van der Waals surface area contributed by atoms with Crippen molar-refractivity contribution in [2.75, 3.05) is 7.11 Å². The third-order valence-electron chi connectivity index (χ3n) is 8.57. The van der Waals surface area contributed by atoms with Gasteiger partial charge in [0.15, 0.2) is 0 Å². The molecule has 0 heterocycles. The van der Waals surface area contributed by atoms with E-state index in [9.17, 15) is 0 Å². The van der Waals surface area contributed by atoms with Crippen LogP contribution in [0.4, 0.5) is 0 Å². The molecule has 7 nitrogen and oxygen atoms in total. The first-order valence-electron chi connectivity index (χ1n) is 16.5. The highest BCUT2D eigenvalue weighted by Gasteiger charge is 2.18. The summed E-state index contributed by atoms with van der Waals surface area (Å²) >= 11 is 0. The largest absolute Gasteiger partial charge is 0.497 e. The minimum Gasteiger partial charge on any atom is -0.497 e. The molecule has 5 N–H and O–H groups in total. The lowest BCUT2D eigenvalue weighted by atomic mass is 9.87. The maximum Gasteiger partial charge on any atom is 0.373 e. The van der Waals surface area contributed by atoms with Crippen LogP contribution in [0.5, 0.6) is 5.75 Å². The maximum atomic E-state index is 8.51. The predicted molar refractivity (Wildman–Crippen MR) is 203 cm³/mol. The second-order valence-electron chi connectivity index (χ2n) is 14.3. The zero-order valence-electron chi connectivity index (χ0n) is 29.8. The summed E-state index contributed by atoms with van der Waals surface area (Å²) in [6.45, 7) is 12.9. The van der Waals surface area contributed by atoms with Gasteiger partial charge in [-0.15, -0.1) is 0 Å². The van der Waals surface area contributed by atoms with E-state index in [-0.39, 0.29) is 34.4 Å². The molecule has 5 aromatic carbocycles. The number of ether oxygens (including phenoxy) is 3. The van der Waals surface area contributed by atoms with Gasteiger partial charge in [-0.25, -0.2) is 5.41 Å². The van der Waals surface area contributed by atoms with Crippen LogP contribution in [0.25, 0.3) is 22.3 Å². The average Bonchev–Trinajstić information content (AvgIpc) is 3.10. The van der Waals surface area contributed by atoms with Crippen LogP contribution in [0.15, 0.2) is 115 Å². The van der Waals surface area contributed by atoms with Gasteiger partial charge in [-0.1, -0.05) is 90.1 Å². The SMILES string of the molecule is COc1cc(-c2ccc(C(=N)OC(=N)c3ccc(C(C)(C)C)cc3)cc2)cc(-c2ccc(C(=N)OC(=[NH2+])c3ccc(C(C)(C)C)cc3)cc2)c1. The molecule has 7 heteroatoms. The topological polar surface area (TPSA) is 125 Å². The molecule has 0 bridgehead atoms. The van der Waals surface area contributed by atoms with Crippen molar-refractivity contribution in [2.45, 2.75) is 52.4 Å². The van der Waals surface area contributed by atoms with E-state index in [0.717, 1.165) is 27.8 Å². The average molecular weight is 666 g/mol. The normalized spacial score (nSPS) is 11.4. The Morgan fingerprint density at radius 2 is 0.800 bits per heavy atom. The van der Waals surface area contributed by atoms with Crippen LogP contribution in [0.2, 0.25) is 0 Å². The van der Waals surface area contributed by atoms with Gasteiger partial charge in [0.1, 0.15) is 5.75 Å². The van der Waals surface area contributed by atoms with Crippen LogP contribution in [0.3, 0.4) is 0 Å². The summed E-state index contributed by atoms with van der Waals surface area (Å²) in [6, 6.07) is 36.6. The number of hydrogen-bond acceptors (Lipinski definition) is 6. The first kappa shape index (κ1) is 35.5. The van der Waals surface area contributed by atoms with Gasteiger partial charge in [-0.2, -0.15) is 0 Å². The van der Waals surface area contributed by atoms with Gasteiger partial charge >= 0.3 is 5.90 Å². The van der Waals surface area contributed by atoms with E-state index < -0.39 is 0 Å². The molecule has 0 aliphatic rings. The number of rotatable bonds is 7. The fourth-order valence-corrected chi connectivity index (χ4v) is 5.38. The molecule has 0 radical (unpaired) electrons. The molecule has 50 heavy (non-hydrogen) atoms. The maximum absolute atomic E-state index is 8.51. The second kappa shape index (κ2) is 14.3. The molecule has 5 rings (SSSR count). The number of nitrogens with two attached hydrogens (primary N) is 1. The fourth-order valence-electron chi connectivity index (χ4n) is 5.38. The molecule has 0 saturated carbocycles. The van der Waals surface area contributed by atoms with Crippen molar-refractivity contribution in [1.82, 2.24) is 0 Å². The molecule has 0 saturated heterocycles. The van der Waals surface area contributed by atoms with Crippen LogP contribution in [-0.2, 0) is 20.3 Å². The summed E-state index contributed by atoms with van der Waals surface area (Å²) in [5.74, 6) is 0.665. The first-order chi connectivity index (χ1) is 23.6. The molecule has 0 aliphatic heterocycles. The van der Waals surface area contributed by atoms with Crippen molar-refractivity contribution in [3.05, 3.63) is 149 Å². The Bertz CT molecular complexity index is 1890. The quantitative estimate of drug-likeness (QED) is 0.103. The minimum atomic E-state index is -0.0970. The summed E-state index contributed by atoms with van der Waals surface area (Å²) < 4.78 is 17.0. The molecule has 0 atom stereocenters. The predicted octanol–water partition coefficient (Wildman–Crippen LogP) is 8.54. The molecule has 254 valence electrons. The number of nitrogens with one attached hydrogen (secondary N) is 3. The van der Waals surface area contributed by atoms with Gasteiger partial charge in [-0.3, -0.25) is 16.2 Å². The Morgan fingerprint density at radius 3 is 1.16 bits per heavy atom. The Kier molecular flexibility index (Phi) is 10.2. The van der Waals surface area contributed by atoms with Gasteiger partial charge in [-0.05, 0) is 111 Å². The van der Waals surface area contributed by atoms with Gasteiger partial charge in [0.2, 0.25) is 17.7 Å². The smallest absolute Gasteiger partial charge is 0.373 e. The summed E-state index contributed by atoms with van der Waals surface area (Å²) in [5.41, 5.74) is 8.66. The molecule has 0 fully saturated rings. The van der Waals surface area contributed by atoms with Crippen LogP contribution in [0, 0.1) is 16.2 Å². The van der Waals surface area contributed by atoms with Crippen LogP contribution < -0.4 is 10.1 Å². The van der Waals surface area contributed by atoms with Crippen molar-refractivity contribution in [2.24, 2.45) is 0 Å². The van der Waals surface area contributed by atoms with E-state index in [1.165, 1.54) is 11.1 Å². The highest BCUT2D eigenvalue weighted by Crippen LogP contribution is 2.32. The molecule has 0 aromatic heterocycles. The summed E-state index contributed by atoms with van der Waals surface area (Å²) in [7, 11) is 1.63. The van der Waals surface area contributed by atoms with Gasteiger partial charge in [0, 0.05) is 16.7 Å². The zero-order chi connectivity index (χ0) is 36.2. The third kappa shape index (κ3) is 8.42. The Morgan fingerprint density at radius 1 is 0.460 bits per heavy atom. The monoisotopic (exact) mass is 665 g/mol. The molecular formula is C43H45N4O3+. The van der Waals surface area contributed by atoms with E-state index in [4.69, 9.17) is 35.8 Å². The number of methoxy groups -OCH3 is 1. The van der Waals surface area contributed by atoms with E-state index in [1.807, 2.05) is 109 Å². The van der Waals surface area contributed by atoms with Crippen molar-refractivity contribution >= 4 is 23.6 Å². The lowest BCUT2D eigenvalue weighted by molar-refractivity contribution is -0.130. The summed E-state index contributed by atoms with van der Waals surface area (Å²) in [5, 5.41) is 31.6. The molecular weight excluding hydrogens is 620 g/mol. The highest BCUT2D eigenvalue weighted by molar-refractivity contribution is 6.05. The van der Waals surface area contributed by atoms with E-state index in [0.29, 0.717) is 22.4 Å². The minimum absolute atomic E-state index is 0.0133. The van der Waals surface area contributed by atoms with E-state index >= 15 is 0 Å². The lowest BCUT2D eigenvalue weighted by Crippen LogP contribution is -2.43. The van der Waals surface area contributed by atoms with Crippen LogP contribution >= 0.6 is 0 Å². The standard InChI is InChI=1S/C43H44N4O3/c1-42(2,3)35-20-16-31(17-21-35)40(46)49-38(44)29-12-8-27(9-13-29)33-24-34(26-37(25-33)48-7)28-10-14-30(15-11-28)39(45)50-41(47)32-18-22-36(23-19-32)43(4,5)6/h8-26,44-47H,1-7H3/p+1. The van der Waals surface area contributed by atoms with E-state index in [1.54, 1.807) is 7.11 Å². The van der Waals surface area contributed by atoms with Crippen molar-refractivity contribution in [1.29, 1.82) is 16.2 Å². The Labute approximate surface area is 294 Å². The van der Waals surface area contributed by atoms with Gasteiger partial charge in [0.25, 0.3) is 0 Å². The molecule has 0 amide bonds. The van der Waals surface area contributed by atoms with Crippen LogP contribution in [0.1, 0.15) is 74.9 Å². The van der Waals surface area contributed by atoms with Gasteiger partial charge < -0.3 is 14.2 Å². The lowest BCUT2D eigenvalue weighted by Gasteiger charge is -2.19. The summed E-state index contributed by atoms with van der Waals surface area (Å²) in [4.78, 5) is 0. The van der Waals surface area contributed by atoms with Crippen molar-refractivity contribution < 1.29 is 19.6 Å². The molecule has 0 unspecified atom stereocenters. The van der Waals surface area contributed by atoms with Crippen molar-refractivity contribution in [3.8, 4) is 28.0 Å². The Hall–Kier alpha value is -5.82. The molecule has 0 spiro atoms. The number of benzene rings is 5. The van der Waals surface area contributed by atoms with Gasteiger partial charge in [0.05, 0.1) is 12.7 Å². The van der Waals surface area contributed by atoms with Crippen LogP contribution in [-0.4, -0.2) is 30.7 Å². The Balaban J connectivity index is 1.26. The van der Waals surface area contributed by atoms with E-state index in [2.05, 4.69) is 47.6 Å². The number of hydrogen-bond donors (Lipinski definition) is 4. The first-order valence-corrected chi connectivity index (χ1v) is 16.5. The second-order valence-corrected chi connectivity index (χ2v) is 14.3. The summed E-state index contributed by atoms with van der Waals surface area (Å²) in [6.07, 6.45) is 0. The third-order valence-corrected chi connectivity index (χ3v) is 8.57. The fraction of sp³-hybridized carbons (Fsp3) is 0.209.